The molecule has 19 heavy (non-hydrogen) atoms. The molecule has 0 fully saturated rings. The number of aliphatic hydroxyl groups is 1. The first-order chi connectivity index (χ1) is 9.17. The largest absolute Gasteiger partial charge is 0.506 e. The Labute approximate surface area is 112 Å². The molecule has 1 aliphatic rings. The van der Waals surface area contributed by atoms with E-state index in [9.17, 15) is 9.90 Å². The molecule has 1 aromatic carbocycles. The quantitative estimate of drug-likeness (QED) is 0.786. The summed E-state index contributed by atoms with van der Waals surface area (Å²) < 4.78 is 4.61. The summed E-state index contributed by atoms with van der Waals surface area (Å²) in [6, 6.07) is 6.98. The Balaban J connectivity index is 0.000000861. The minimum absolute atomic E-state index is 0.0282. The van der Waals surface area contributed by atoms with Crippen LogP contribution in [0.15, 0.2) is 23.8 Å². The monoisotopic (exact) mass is 259 g/mol. The molecule has 0 spiro atoms. The number of rotatable bonds is 1. The molecule has 0 radical (unpaired) electrons. The fraction of sp³-hybridized carbons (Fsp3) is 0.333. The van der Waals surface area contributed by atoms with Crippen molar-refractivity contribution >= 4 is 11.7 Å². The summed E-state index contributed by atoms with van der Waals surface area (Å²) in [4.78, 5) is 11.4. The van der Waals surface area contributed by atoms with Crippen LogP contribution in [0.3, 0.4) is 0 Å². The number of nitrogens with zero attached hydrogens (tertiary/aromatic N) is 1. The third-order valence-electron chi connectivity index (χ3n) is 2.85. The molecule has 0 aromatic heterocycles. The van der Waals surface area contributed by atoms with Crippen LogP contribution in [0.4, 0.5) is 0 Å². The Morgan fingerprint density at radius 2 is 2.05 bits per heavy atom. The smallest absolute Gasteiger partial charge is 0.337 e. The van der Waals surface area contributed by atoms with Crippen molar-refractivity contribution in [2.24, 2.45) is 0 Å². The average molecular weight is 259 g/mol. The van der Waals surface area contributed by atoms with Gasteiger partial charge in [0.05, 0.1) is 24.3 Å². The third-order valence-corrected chi connectivity index (χ3v) is 2.85. The van der Waals surface area contributed by atoms with E-state index in [1.54, 1.807) is 18.2 Å². The van der Waals surface area contributed by atoms with E-state index in [0.717, 1.165) is 5.56 Å². The van der Waals surface area contributed by atoms with Crippen LogP contribution in [0.2, 0.25) is 0 Å². The van der Waals surface area contributed by atoms with Gasteiger partial charge in [0, 0.05) is 5.56 Å². The van der Waals surface area contributed by atoms with Gasteiger partial charge in [0.25, 0.3) is 0 Å². The van der Waals surface area contributed by atoms with E-state index in [-0.39, 0.29) is 5.76 Å². The number of allylic oxidation sites excluding steroid dienone is 1. The summed E-state index contributed by atoms with van der Waals surface area (Å²) in [5, 5.41) is 18.8. The number of hydrogen-bond donors (Lipinski definition) is 1. The van der Waals surface area contributed by atoms with Crippen molar-refractivity contribution in [3.63, 3.8) is 0 Å². The Kier molecular flexibility index (Phi) is 5.13. The zero-order chi connectivity index (χ0) is 14.4. The predicted octanol–water partition coefficient (Wildman–Crippen LogP) is 3.24. The SMILES string of the molecule is CC.COC(=O)c1ccc2c(c1)C(O)=C(C#N)CC2. The van der Waals surface area contributed by atoms with Gasteiger partial charge in [-0.1, -0.05) is 19.9 Å². The maximum absolute atomic E-state index is 11.4. The number of methoxy groups -OCH3 is 1. The molecule has 0 unspecified atom stereocenters. The second-order valence-corrected chi connectivity index (χ2v) is 3.80. The molecule has 4 heteroatoms. The standard InChI is InChI=1S/C13H11NO3.C2H6/c1-17-13(16)9-4-2-8-3-5-10(7-14)12(15)11(8)6-9;1-2/h2,4,6,15H,3,5H2,1H3;1-2H3. The van der Waals surface area contributed by atoms with Gasteiger partial charge in [-0.15, -0.1) is 0 Å². The summed E-state index contributed by atoms with van der Waals surface area (Å²) in [6.45, 7) is 4.00. The molecule has 0 heterocycles. The van der Waals surface area contributed by atoms with Crippen LogP contribution < -0.4 is 0 Å². The van der Waals surface area contributed by atoms with Crippen LogP contribution in [0.5, 0.6) is 0 Å². The van der Waals surface area contributed by atoms with E-state index >= 15 is 0 Å². The summed E-state index contributed by atoms with van der Waals surface area (Å²) in [5.74, 6) is -0.482. The van der Waals surface area contributed by atoms with E-state index in [2.05, 4.69) is 4.74 Å². The molecule has 2 rings (SSSR count). The molecule has 0 amide bonds. The van der Waals surface area contributed by atoms with E-state index in [1.165, 1.54) is 7.11 Å². The van der Waals surface area contributed by atoms with Crippen molar-refractivity contribution in [3.05, 3.63) is 40.5 Å². The van der Waals surface area contributed by atoms with Gasteiger partial charge in [-0.25, -0.2) is 4.79 Å². The highest BCUT2D eigenvalue weighted by Crippen LogP contribution is 2.30. The molecule has 0 bridgehead atoms. The molecule has 1 aromatic rings. The summed E-state index contributed by atoms with van der Waals surface area (Å²) in [5.41, 5.74) is 2.22. The minimum atomic E-state index is -0.454. The van der Waals surface area contributed by atoms with Crippen LogP contribution in [0.1, 0.15) is 41.8 Å². The fourth-order valence-electron chi connectivity index (χ4n) is 1.91. The van der Waals surface area contributed by atoms with E-state index in [0.29, 0.717) is 29.5 Å². The Morgan fingerprint density at radius 1 is 1.37 bits per heavy atom. The summed E-state index contributed by atoms with van der Waals surface area (Å²) in [6.07, 6.45) is 1.23. The molecule has 0 saturated heterocycles. The van der Waals surface area contributed by atoms with Crippen LogP contribution in [0, 0.1) is 11.3 Å². The van der Waals surface area contributed by atoms with Gasteiger partial charge < -0.3 is 9.84 Å². The molecule has 100 valence electrons. The molecule has 0 aliphatic heterocycles. The zero-order valence-electron chi connectivity index (χ0n) is 11.4. The number of carbonyl (C=O) groups is 1. The normalized spacial score (nSPS) is 12.7. The number of nitriles is 1. The van der Waals surface area contributed by atoms with Crippen molar-refractivity contribution in [2.45, 2.75) is 26.7 Å². The molecule has 4 nitrogen and oxygen atoms in total. The summed E-state index contributed by atoms with van der Waals surface area (Å²) >= 11 is 0. The Bertz CT molecular complexity index is 553. The van der Waals surface area contributed by atoms with Gasteiger partial charge in [0.1, 0.15) is 5.76 Å². The average Bonchev–Trinajstić information content (AvgIpc) is 2.48. The van der Waals surface area contributed by atoms with Crippen molar-refractivity contribution in [3.8, 4) is 6.07 Å². The van der Waals surface area contributed by atoms with Gasteiger partial charge in [0.2, 0.25) is 0 Å². The molecule has 1 N–H and O–H groups in total. The highest BCUT2D eigenvalue weighted by atomic mass is 16.5. The van der Waals surface area contributed by atoms with E-state index in [4.69, 9.17) is 5.26 Å². The van der Waals surface area contributed by atoms with Crippen LogP contribution in [-0.4, -0.2) is 18.2 Å². The predicted molar refractivity (Wildman–Crippen MR) is 72.6 cm³/mol. The van der Waals surface area contributed by atoms with Gasteiger partial charge in [-0.3, -0.25) is 0 Å². The van der Waals surface area contributed by atoms with E-state index < -0.39 is 5.97 Å². The Hall–Kier alpha value is -2.28. The zero-order valence-corrected chi connectivity index (χ0v) is 11.4. The topological polar surface area (TPSA) is 70.3 Å². The molecule has 1 aliphatic carbocycles. The van der Waals surface area contributed by atoms with Gasteiger partial charge in [0.15, 0.2) is 0 Å². The number of aryl methyl sites for hydroxylation is 1. The van der Waals surface area contributed by atoms with Gasteiger partial charge in [-0.05, 0) is 30.5 Å². The van der Waals surface area contributed by atoms with Crippen molar-refractivity contribution in [2.75, 3.05) is 7.11 Å². The van der Waals surface area contributed by atoms with Crippen molar-refractivity contribution in [1.82, 2.24) is 0 Å². The number of esters is 1. The molecular weight excluding hydrogens is 242 g/mol. The maximum atomic E-state index is 11.4. The highest BCUT2D eigenvalue weighted by molar-refractivity contribution is 5.91. The molecular formula is C15H17NO3. The van der Waals surface area contributed by atoms with Gasteiger partial charge >= 0.3 is 5.97 Å². The first-order valence-corrected chi connectivity index (χ1v) is 6.21. The maximum Gasteiger partial charge on any atom is 0.337 e. The second kappa shape index (κ2) is 6.60. The molecule has 0 atom stereocenters. The number of aliphatic hydroxyl groups excluding tert-OH is 1. The van der Waals surface area contributed by atoms with Crippen molar-refractivity contribution < 1.29 is 14.6 Å². The first kappa shape index (κ1) is 14.8. The Morgan fingerprint density at radius 3 is 2.63 bits per heavy atom. The lowest BCUT2D eigenvalue weighted by Crippen LogP contribution is -2.08. The number of fused-ring (bicyclic) bond motifs is 1. The molecule has 0 saturated carbocycles. The lowest BCUT2D eigenvalue weighted by molar-refractivity contribution is 0.0600. The third kappa shape index (κ3) is 2.94. The highest BCUT2D eigenvalue weighted by Gasteiger charge is 2.20. The van der Waals surface area contributed by atoms with E-state index in [1.807, 2.05) is 19.9 Å². The first-order valence-electron chi connectivity index (χ1n) is 6.21. The number of hydrogen-bond acceptors (Lipinski definition) is 4. The van der Waals surface area contributed by atoms with Crippen LogP contribution in [0.25, 0.3) is 5.76 Å². The number of ether oxygens (including phenoxy) is 1. The van der Waals surface area contributed by atoms with Crippen LogP contribution >= 0.6 is 0 Å². The van der Waals surface area contributed by atoms with Crippen LogP contribution in [-0.2, 0) is 11.2 Å². The number of benzene rings is 1. The minimum Gasteiger partial charge on any atom is -0.506 e. The lowest BCUT2D eigenvalue weighted by Gasteiger charge is -2.16. The lowest BCUT2D eigenvalue weighted by atomic mass is 9.90. The van der Waals surface area contributed by atoms with Crippen molar-refractivity contribution in [1.29, 1.82) is 5.26 Å². The fourth-order valence-corrected chi connectivity index (χ4v) is 1.91. The number of carbonyl (C=O) groups excluding carboxylic acids is 1. The second-order valence-electron chi connectivity index (χ2n) is 3.80. The van der Waals surface area contributed by atoms with Gasteiger partial charge in [-0.2, -0.15) is 5.26 Å². The summed E-state index contributed by atoms with van der Waals surface area (Å²) in [7, 11) is 1.30.